The second-order valence-electron chi connectivity index (χ2n) is 9.54. The maximum absolute atomic E-state index is 13.5. The van der Waals surface area contributed by atoms with Gasteiger partial charge in [-0.2, -0.15) is 0 Å². The van der Waals surface area contributed by atoms with Crippen LogP contribution in [0.2, 0.25) is 0 Å². The summed E-state index contributed by atoms with van der Waals surface area (Å²) in [4.78, 5) is 41.5. The Morgan fingerprint density at radius 2 is 1.57 bits per heavy atom. The largest absolute Gasteiger partial charge is 0.497 e. The highest BCUT2D eigenvalue weighted by molar-refractivity contribution is 6.05. The van der Waals surface area contributed by atoms with E-state index in [2.05, 4.69) is 16.0 Å². The van der Waals surface area contributed by atoms with Crippen LogP contribution in [0, 0.1) is 0 Å². The lowest BCUT2D eigenvalue weighted by Gasteiger charge is -2.37. The molecule has 3 aromatic rings. The zero-order valence-electron chi connectivity index (χ0n) is 24.2. The predicted molar refractivity (Wildman–Crippen MR) is 162 cm³/mol. The van der Waals surface area contributed by atoms with Crippen molar-refractivity contribution in [1.29, 1.82) is 0 Å². The standard InChI is InChI=1S/C32H36N4O6/c1-5-7-16-36-29(21-12-9-8-10-13-21)27(30(37)42-6-2)28(35-32(36)39)22-14-11-15-23(17-22)33-31(38)34-24-18-25(40-3)20-26(19-24)41-4/h8-15,17-20,28H,5-7,16H2,1-4H3,(H,35,39)(H2,33,34,38). The van der Waals surface area contributed by atoms with Gasteiger partial charge in [-0.05, 0) is 36.6 Å². The number of amides is 4. The molecule has 0 aliphatic carbocycles. The summed E-state index contributed by atoms with van der Waals surface area (Å²) in [6.45, 7) is 4.41. The first-order valence-electron chi connectivity index (χ1n) is 13.8. The number of hydrogen-bond donors (Lipinski definition) is 3. The van der Waals surface area contributed by atoms with Crippen molar-refractivity contribution in [3.63, 3.8) is 0 Å². The molecule has 3 aromatic carbocycles. The number of carbonyl (C=O) groups is 3. The topological polar surface area (TPSA) is 118 Å². The number of carbonyl (C=O) groups excluding carboxylic acids is 3. The number of rotatable bonds is 11. The number of urea groups is 2. The minimum atomic E-state index is -0.808. The van der Waals surface area contributed by atoms with Gasteiger partial charge < -0.3 is 30.2 Å². The molecule has 0 spiro atoms. The average Bonchev–Trinajstić information content (AvgIpc) is 3.00. The molecule has 1 aliphatic heterocycles. The Morgan fingerprint density at radius 3 is 2.21 bits per heavy atom. The SMILES string of the molecule is CCCCN1C(=O)NC(c2cccc(NC(=O)Nc3cc(OC)cc(OC)c3)c2)C(C(=O)OCC)=C1c1ccccc1. The van der Waals surface area contributed by atoms with E-state index >= 15 is 0 Å². The highest BCUT2D eigenvalue weighted by Crippen LogP contribution is 2.37. The Balaban J connectivity index is 1.70. The lowest BCUT2D eigenvalue weighted by Crippen LogP contribution is -2.48. The van der Waals surface area contributed by atoms with Gasteiger partial charge in [-0.25, -0.2) is 14.4 Å². The van der Waals surface area contributed by atoms with Crippen LogP contribution in [0.15, 0.2) is 78.4 Å². The van der Waals surface area contributed by atoms with Gasteiger partial charge in [-0.1, -0.05) is 55.8 Å². The van der Waals surface area contributed by atoms with E-state index < -0.39 is 18.0 Å². The van der Waals surface area contributed by atoms with E-state index in [-0.39, 0.29) is 12.6 Å². The summed E-state index contributed by atoms with van der Waals surface area (Å²) in [5.41, 5.74) is 3.12. The van der Waals surface area contributed by atoms with Crippen LogP contribution in [-0.4, -0.2) is 50.3 Å². The Bertz CT molecular complexity index is 1430. The van der Waals surface area contributed by atoms with Gasteiger partial charge in [-0.15, -0.1) is 0 Å². The quantitative estimate of drug-likeness (QED) is 0.236. The van der Waals surface area contributed by atoms with Gasteiger partial charge in [0, 0.05) is 36.1 Å². The number of unbranched alkanes of at least 4 members (excludes halogenated alkanes) is 1. The minimum Gasteiger partial charge on any atom is -0.497 e. The van der Waals surface area contributed by atoms with Gasteiger partial charge in [0.25, 0.3) is 0 Å². The average molecular weight is 573 g/mol. The van der Waals surface area contributed by atoms with Crippen LogP contribution in [0.3, 0.4) is 0 Å². The van der Waals surface area contributed by atoms with Crippen molar-refractivity contribution < 1.29 is 28.6 Å². The molecule has 0 bridgehead atoms. The molecule has 1 unspecified atom stereocenters. The molecule has 1 aliphatic rings. The summed E-state index contributed by atoms with van der Waals surface area (Å²) in [6.07, 6.45) is 1.64. The fourth-order valence-corrected chi connectivity index (χ4v) is 4.74. The second kappa shape index (κ2) is 14.1. The molecule has 220 valence electrons. The molecule has 4 rings (SSSR count). The number of nitrogens with zero attached hydrogens (tertiary/aromatic N) is 1. The van der Waals surface area contributed by atoms with Crippen molar-refractivity contribution in [3.05, 3.63) is 89.5 Å². The van der Waals surface area contributed by atoms with Gasteiger partial charge in [0.05, 0.1) is 38.1 Å². The first-order valence-corrected chi connectivity index (χ1v) is 13.8. The molecule has 4 amide bonds. The van der Waals surface area contributed by atoms with Crippen LogP contribution < -0.4 is 25.4 Å². The summed E-state index contributed by atoms with van der Waals surface area (Å²) in [6, 6.07) is 19.8. The van der Waals surface area contributed by atoms with Crippen LogP contribution in [0.4, 0.5) is 21.0 Å². The van der Waals surface area contributed by atoms with Crippen molar-refractivity contribution in [2.45, 2.75) is 32.7 Å². The molecular formula is C32H36N4O6. The summed E-state index contributed by atoms with van der Waals surface area (Å²) in [7, 11) is 3.05. The molecule has 0 saturated heterocycles. The maximum Gasteiger partial charge on any atom is 0.338 e. The van der Waals surface area contributed by atoms with Crippen LogP contribution in [0.1, 0.15) is 43.9 Å². The lowest BCUT2D eigenvalue weighted by atomic mass is 9.91. The van der Waals surface area contributed by atoms with Crippen molar-refractivity contribution in [2.75, 3.05) is 38.0 Å². The molecule has 0 radical (unpaired) electrons. The smallest absolute Gasteiger partial charge is 0.338 e. The van der Waals surface area contributed by atoms with Crippen LogP contribution in [0.25, 0.3) is 5.70 Å². The minimum absolute atomic E-state index is 0.177. The molecule has 0 saturated carbocycles. The number of benzene rings is 3. The number of anilines is 2. The van der Waals surface area contributed by atoms with Gasteiger partial charge in [0.15, 0.2) is 0 Å². The van der Waals surface area contributed by atoms with E-state index in [9.17, 15) is 14.4 Å². The first-order chi connectivity index (χ1) is 20.4. The van der Waals surface area contributed by atoms with Gasteiger partial charge in [0.2, 0.25) is 0 Å². The maximum atomic E-state index is 13.5. The predicted octanol–water partition coefficient (Wildman–Crippen LogP) is 6.19. The van der Waals surface area contributed by atoms with Crippen LogP contribution >= 0.6 is 0 Å². The normalized spacial score (nSPS) is 14.6. The van der Waals surface area contributed by atoms with Crippen molar-refractivity contribution in [2.24, 2.45) is 0 Å². The number of nitrogens with one attached hydrogen (secondary N) is 3. The van der Waals surface area contributed by atoms with Crippen molar-refractivity contribution in [1.82, 2.24) is 10.2 Å². The molecule has 0 fully saturated rings. The number of esters is 1. The molecule has 3 N–H and O–H groups in total. The van der Waals surface area contributed by atoms with Gasteiger partial charge >= 0.3 is 18.0 Å². The number of ether oxygens (including phenoxy) is 3. The molecule has 1 atom stereocenters. The van der Waals surface area contributed by atoms with Gasteiger partial charge in [0.1, 0.15) is 11.5 Å². The van der Waals surface area contributed by atoms with E-state index in [0.717, 1.165) is 18.4 Å². The van der Waals surface area contributed by atoms with Gasteiger partial charge in [-0.3, -0.25) is 4.90 Å². The molecule has 0 aromatic heterocycles. The number of hydrogen-bond acceptors (Lipinski definition) is 6. The lowest BCUT2D eigenvalue weighted by molar-refractivity contribution is -0.138. The highest BCUT2D eigenvalue weighted by atomic mass is 16.5. The van der Waals surface area contributed by atoms with Crippen molar-refractivity contribution in [3.8, 4) is 11.5 Å². The molecule has 10 nitrogen and oxygen atoms in total. The Hall–Kier alpha value is -4.99. The first kappa shape index (κ1) is 30.0. The Morgan fingerprint density at radius 1 is 0.881 bits per heavy atom. The Labute approximate surface area is 245 Å². The zero-order chi connectivity index (χ0) is 30.1. The molecular weight excluding hydrogens is 536 g/mol. The van der Waals surface area contributed by atoms with Crippen molar-refractivity contribution >= 4 is 35.1 Å². The Kier molecular flexibility index (Phi) is 10.0. The summed E-state index contributed by atoms with van der Waals surface area (Å²) in [5.74, 6) is 0.534. The highest BCUT2D eigenvalue weighted by Gasteiger charge is 2.38. The van der Waals surface area contributed by atoms with E-state index in [1.54, 1.807) is 54.3 Å². The third-order valence-electron chi connectivity index (χ3n) is 6.69. The monoisotopic (exact) mass is 572 g/mol. The fraction of sp³-hybridized carbons (Fsp3) is 0.281. The third kappa shape index (κ3) is 7.01. The summed E-state index contributed by atoms with van der Waals surface area (Å²) < 4.78 is 16.0. The third-order valence-corrected chi connectivity index (χ3v) is 6.69. The summed E-state index contributed by atoms with van der Waals surface area (Å²) >= 11 is 0. The summed E-state index contributed by atoms with van der Waals surface area (Å²) in [5, 5.41) is 8.59. The van der Waals surface area contributed by atoms with E-state index in [1.807, 2.05) is 37.3 Å². The van der Waals surface area contributed by atoms with Crippen LogP contribution in [0.5, 0.6) is 11.5 Å². The second-order valence-corrected chi connectivity index (χ2v) is 9.54. The van der Waals surface area contributed by atoms with Crippen LogP contribution in [-0.2, 0) is 9.53 Å². The zero-order valence-corrected chi connectivity index (χ0v) is 24.2. The van der Waals surface area contributed by atoms with E-state index in [0.29, 0.717) is 46.3 Å². The number of methoxy groups -OCH3 is 2. The molecule has 42 heavy (non-hydrogen) atoms. The van der Waals surface area contributed by atoms with E-state index in [4.69, 9.17) is 14.2 Å². The van der Waals surface area contributed by atoms with E-state index in [1.165, 1.54) is 14.2 Å². The molecule has 1 heterocycles. The molecule has 10 heteroatoms. The fourth-order valence-electron chi connectivity index (χ4n) is 4.74.